The number of carbonyl (C=O) groups excluding carboxylic acids is 1. The van der Waals surface area contributed by atoms with Crippen molar-refractivity contribution in [3.63, 3.8) is 0 Å². The van der Waals surface area contributed by atoms with Crippen LogP contribution in [-0.4, -0.2) is 42.5 Å². The molecule has 2 N–H and O–H groups in total. The highest BCUT2D eigenvalue weighted by atomic mass is 16.5. The summed E-state index contributed by atoms with van der Waals surface area (Å²) in [7, 11) is 0. The molecule has 0 aromatic carbocycles. The molecule has 0 spiro atoms. The molecule has 1 aromatic heterocycles. The Morgan fingerprint density at radius 3 is 2.81 bits per heavy atom. The maximum atomic E-state index is 11.7. The molecular formula is C10H16N2O4. The fourth-order valence-corrected chi connectivity index (χ4v) is 1.30. The number of ether oxygens (including phenoxy) is 1. The van der Waals surface area contributed by atoms with Crippen LogP contribution in [0.25, 0.3) is 0 Å². The molecule has 0 saturated carbocycles. The third kappa shape index (κ3) is 3.32. The van der Waals surface area contributed by atoms with Crippen molar-refractivity contribution in [2.75, 3.05) is 26.4 Å². The molecule has 0 saturated heterocycles. The van der Waals surface area contributed by atoms with Crippen LogP contribution < -0.4 is 5.32 Å². The minimum Gasteiger partial charge on any atom is -0.394 e. The highest BCUT2D eigenvalue weighted by molar-refractivity contribution is 5.96. The molecule has 0 atom stereocenters. The monoisotopic (exact) mass is 228 g/mol. The Labute approximate surface area is 93.6 Å². The second kappa shape index (κ2) is 6.24. The lowest BCUT2D eigenvalue weighted by molar-refractivity contribution is 0.0837. The van der Waals surface area contributed by atoms with Gasteiger partial charge in [-0.3, -0.25) is 4.79 Å². The van der Waals surface area contributed by atoms with Crippen LogP contribution >= 0.6 is 0 Å². The number of aliphatic hydroxyl groups is 1. The van der Waals surface area contributed by atoms with E-state index in [2.05, 4.69) is 10.5 Å². The average molecular weight is 228 g/mol. The van der Waals surface area contributed by atoms with Crippen molar-refractivity contribution in [3.8, 4) is 0 Å². The number of nitrogens with zero attached hydrogens (tertiary/aromatic N) is 1. The number of amides is 1. The number of aliphatic hydroxyl groups excluding tert-OH is 1. The van der Waals surface area contributed by atoms with Crippen LogP contribution in [0, 0.1) is 13.8 Å². The Kier molecular flexibility index (Phi) is 4.94. The Bertz CT molecular complexity index is 329. The topological polar surface area (TPSA) is 84.6 Å². The van der Waals surface area contributed by atoms with Gasteiger partial charge in [0.25, 0.3) is 5.91 Å². The zero-order chi connectivity index (χ0) is 12.0. The van der Waals surface area contributed by atoms with Gasteiger partial charge in [0.15, 0.2) is 0 Å². The summed E-state index contributed by atoms with van der Waals surface area (Å²) in [5.41, 5.74) is 1.05. The van der Waals surface area contributed by atoms with Crippen LogP contribution in [0.2, 0.25) is 0 Å². The van der Waals surface area contributed by atoms with Crippen molar-refractivity contribution in [1.82, 2.24) is 10.5 Å². The molecule has 0 unspecified atom stereocenters. The summed E-state index contributed by atoms with van der Waals surface area (Å²) in [4.78, 5) is 11.7. The quantitative estimate of drug-likeness (QED) is 0.671. The van der Waals surface area contributed by atoms with E-state index >= 15 is 0 Å². The molecule has 0 aliphatic rings. The Morgan fingerprint density at radius 1 is 1.50 bits per heavy atom. The number of carbonyl (C=O) groups is 1. The minimum absolute atomic E-state index is 0.0161. The van der Waals surface area contributed by atoms with Crippen molar-refractivity contribution in [2.24, 2.45) is 0 Å². The molecular weight excluding hydrogens is 212 g/mol. The van der Waals surface area contributed by atoms with Gasteiger partial charge in [0.05, 0.1) is 25.5 Å². The van der Waals surface area contributed by atoms with Crippen LogP contribution in [0.4, 0.5) is 0 Å². The number of rotatable bonds is 6. The van der Waals surface area contributed by atoms with Gasteiger partial charge in [0.1, 0.15) is 11.3 Å². The highest BCUT2D eigenvalue weighted by Gasteiger charge is 2.16. The SMILES string of the molecule is Cc1noc(C)c1C(=O)NCCOCCO. The average Bonchev–Trinajstić information content (AvgIpc) is 2.58. The maximum absolute atomic E-state index is 11.7. The largest absolute Gasteiger partial charge is 0.394 e. The van der Waals surface area contributed by atoms with E-state index in [1.165, 1.54) is 0 Å². The van der Waals surface area contributed by atoms with Crippen molar-refractivity contribution < 1.29 is 19.2 Å². The molecule has 0 radical (unpaired) electrons. The molecule has 0 fully saturated rings. The van der Waals surface area contributed by atoms with Gasteiger partial charge in [0.2, 0.25) is 0 Å². The fraction of sp³-hybridized carbons (Fsp3) is 0.600. The minimum atomic E-state index is -0.219. The number of hydrogen-bond donors (Lipinski definition) is 2. The molecule has 6 heteroatoms. The lowest BCUT2D eigenvalue weighted by Crippen LogP contribution is -2.28. The van der Waals surface area contributed by atoms with Gasteiger partial charge in [-0.25, -0.2) is 0 Å². The van der Waals surface area contributed by atoms with E-state index in [9.17, 15) is 4.79 Å². The first-order valence-corrected chi connectivity index (χ1v) is 5.06. The Hall–Kier alpha value is -1.40. The second-order valence-electron chi connectivity index (χ2n) is 3.29. The van der Waals surface area contributed by atoms with Crippen LogP contribution in [0.15, 0.2) is 4.52 Å². The van der Waals surface area contributed by atoms with E-state index in [1.54, 1.807) is 13.8 Å². The molecule has 0 aliphatic heterocycles. The molecule has 16 heavy (non-hydrogen) atoms. The lowest BCUT2D eigenvalue weighted by Gasteiger charge is -2.04. The molecule has 6 nitrogen and oxygen atoms in total. The van der Waals surface area contributed by atoms with E-state index in [0.717, 1.165) is 0 Å². The summed E-state index contributed by atoms with van der Waals surface area (Å²) < 4.78 is 9.89. The maximum Gasteiger partial charge on any atom is 0.256 e. The Balaban J connectivity index is 2.36. The fourth-order valence-electron chi connectivity index (χ4n) is 1.30. The number of hydrogen-bond acceptors (Lipinski definition) is 5. The van der Waals surface area contributed by atoms with E-state index < -0.39 is 0 Å². The van der Waals surface area contributed by atoms with Gasteiger partial charge in [-0.1, -0.05) is 5.16 Å². The number of nitrogens with one attached hydrogen (secondary N) is 1. The van der Waals surface area contributed by atoms with Crippen molar-refractivity contribution in [1.29, 1.82) is 0 Å². The van der Waals surface area contributed by atoms with Crippen LogP contribution in [-0.2, 0) is 4.74 Å². The zero-order valence-electron chi connectivity index (χ0n) is 9.45. The smallest absolute Gasteiger partial charge is 0.256 e. The molecule has 1 aromatic rings. The van der Waals surface area contributed by atoms with E-state index in [-0.39, 0.29) is 19.1 Å². The summed E-state index contributed by atoms with van der Waals surface area (Å²) in [6, 6.07) is 0. The van der Waals surface area contributed by atoms with Gasteiger partial charge in [0, 0.05) is 6.54 Å². The molecule has 90 valence electrons. The summed E-state index contributed by atoms with van der Waals surface area (Å²) >= 11 is 0. The normalized spacial score (nSPS) is 10.4. The van der Waals surface area contributed by atoms with Crippen LogP contribution in [0.1, 0.15) is 21.8 Å². The van der Waals surface area contributed by atoms with Crippen LogP contribution in [0.5, 0.6) is 0 Å². The summed E-state index contributed by atoms with van der Waals surface area (Å²) in [5, 5.41) is 14.8. The van der Waals surface area contributed by atoms with Gasteiger partial charge < -0.3 is 19.7 Å². The van der Waals surface area contributed by atoms with Gasteiger partial charge in [-0.15, -0.1) is 0 Å². The summed E-state index contributed by atoms with van der Waals surface area (Å²) in [5.74, 6) is 0.287. The third-order valence-electron chi connectivity index (χ3n) is 2.03. The van der Waals surface area contributed by atoms with Crippen molar-refractivity contribution in [3.05, 3.63) is 17.0 Å². The molecule has 1 rings (SSSR count). The molecule has 1 heterocycles. The first-order chi connectivity index (χ1) is 7.66. The van der Waals surface area contributed by atoms with Crippen molar-refractivity contribution in [2.45, 2.75) is 13.8 Å². The molecule has 0 bridgehead atoms. The van der Waals surface area contributed by atoms with Crippen molar-refractivity contribution >= 4 is 5.91 Å². The van der Waals surface area contributed by atoms with E-state index in [0.29, 0.717) is 30.2 Å². The van der Waals surface area contributed by atoms with E-state index in [4.69, 9.17) is 14.4 Å². The lowest BCUT2D eigenvalue weighted by atomic mass is 10.2. The summed E-state index contributed by atoms with van der Waals surface area (Å²) in [6.07, 6.45) is 0. The predicted molar refractivity (Wildman–Crippen MR) is 56.2 cm³/mol. The van der Waals surface area contributed by atoms with Crippen LogP contribution in [0.3, 0.4) is 0 Å². The molecule has 0 aliphatic carbocycles. The first kappa shape index (κ1) is 12.7. The highest BCUT2D eigenvalue weighted by Crippen LogP contribution is 2.11. The number of aryl methyl sites for hydroxylation is 2. The van der Waals surface area contributed by atoms with Gasteiger partial charge >= 0.3 is 0 Å². The third-order valence-corrected chi connectivity index (χ3v) is 2.03. The number of aromatic nitrogens is 1. The van der Waals surface area contributed by atoms with E-state index in [1.807, 2.05) is 0 Å². The Morgan fingerprint density at radius 2 is 2.25 bits per heavy atom. The summed E-state index contributed by atoms with van der Waals surface area (Å²) in [6.45, 7) is 4.43. The van der Waals surface area contributed by atoms with Gasteiger partial charge in [-0.2, -0.15) is 0 Å². The first-order valence-electron chi connectivity index (χ1n) is 5.06. The second-order valence-corrected chi connectivity index (χ2v) is 3.29. The molecule has 1 amide bonds. The standard InChI is InChI=1S/C10H16N2O4/c1-7-9(8(2)16-12-7)10(14)11-3-5-15-6-4-13/h13H,3-6H2,1-2H3,(H,11,14). The van der Waals surface area contributed by atoms with Gasteiger partial charge in [-0.05, 0) is 13.8 Å². The zero-order valence-corrected chi connectivity index (χ0v) is 9.45. The predicted octanol–water partition coefficient (Wildman–Crippen LogP) is 0.0301.